The normalized spacial score (nSPS) is 20.5. The molecule has 0 bridgehead atoms. The Labute approximate surface area is 113 Å². The van der Waals surface area contributed by atoms with E-state index in [0.717, 1.165) is 17.0 Å². The summed E-state index contributed by atoms with van der Waals surface area (Å²) >= 11 is 0. The van der Waals surface area contributed by atoms with Crippen molar-refractivity contribution in [3.8, 4) is 0 Å². The summed E-state index contributed by atoms with van der Waals surface area (Å²) < 4.78 is 0. The van der Waals surface area contributed by atoms with E-state index < -0.39 is 0 Å². The molecule has 0 radical (unpaired) electrons. The molecule has 2 atom stereocenters. The maximum atomic E-state index is 11.9. The number of hydrogen-bond acceptors (Lipinski definition) is 2. The van der Waals surface area contributed by atoms with Gasteiger partial charge in [-0.25, -0.2) is 0 Å². The standard InChI is InChI=1S/C14H19N3O2/c1-11(12-5-3-2-4-6-12)16-14(19)10-17-8-7-15-13(18)9-17/h2-6,11H,7-10H2,1H3,(H,15,18)(H,16,19)/p+1/t11-/m0/s1. The van der Waals surface area contributed by atoms with Gasteiger partial charge < -0.3 is 15.5 Å². The van der Waals surface area contributed by atoms with E-state index in [1.54, 1.807) is 0 Å². The number of nitrogens with one attached hydrogen (secondary N) is 3. The maximum absolute atomic E-state index is 11.9. The summed E-state index contributed by atoms with van der Waals surface area (Å²) in [5.74, 6) is 0.00575. The summed E-state index contributed by atoms with van der Waals surface area (Å²) in [6.45, 7) is 4.15. The fourth-order valence-corrected chi connectivity index (χ4v) is 2.25. The second-order valence-electron chi connectivity index (χ2n) is 4.90. The third kappa shape index (κ3) is 4.06. The molecular formula is C14H20N3O2+. The molecule has 1 aliphatic heterocycles. The molecule has 1 unspecified atom stereocenters. The van der Waals surface area contributed by atoms with Crippen LogP contribution in [0.4, 0.5) is 0 Å². The molecule has 0 saturated carbocycles. The third-order valence-corrected chi connectivity index (χ3v) is 3.30. The van der Waals surface area contributed by atoms with Gasteiger partial charge in [-0.3, -0.25) is 9.59 Å². The summed E-state index contributed by atoms with van der Waals surface area (Å²) in [6.07, 6.45) is 0. The van der Waals surface area contributed by atoms with Crippen LogP contribution in [0.5, 0.6) is 0 Å². The summed E-state index contributed by atoms with van der Waals surface area (Å²) in [6, 6.07) is 9.84. The lowest BCUT2D eigenvalue weighted by Gasteiger charge is -2.23. The van der Waals surface area contributed by atoms with Crippen molar-refractivity contribution in [2.24, 2.45) is 0 Å². The van der Waals surface area contributed by atoms with E-state index in [0.29, 0.717) is 19.6 Å². The van der Waals surface area contributed by atoms with Gasteiger partial charge in [-0.1, -0.05) is 30.3 Å². The molecule has 0 aromatic heterocycles. The van der Waals surface area contributed by atoms with Crippen LogP contribution >= 0.6 is 0 Å². The predicted molar refractivity (Wildman–Crippen MR) is 71.6 cm³/mol. The van der Waals surface area contributed by atoms with Crippen LogP contribution in [0.15, 0.2) is 30.3 Å². The number of piperazine rings is 1. The van der Waals surface area contributed by atoms with E-state index in [-0.39, 0.29) is 17.9 Å². The molecule has 2 amide bonds. The maximum Gasteiger partial charge on any atom is 0.275 e. The molecule has 1 aliphatic rings. The fourth-order valence-electron chi connectivity index (χ4n) is 2.25. The van der Waals surface area contributed by atoms with Crippen LogP contribution in [0.25, 0.3) is 0 Å². The van der Waals surface area contributed by atoms with E-state index in [9.17, 15) is 9.59 Å². The van der Waals surface area contributed by atoms with Crippen LogP contribution in [0.3, 0.4) is 0 Å². The average molecular weight is 262 g/mol. The smallest absolute Gasteiger partial charge is 0.275 e. The zero-order valence-electron chi connectivity index (χ0n) is 11.1. The van der Waals surface area contributed by atoms with Gasteiger partial charge in [0, 0.05) is 0 Å². The van der Waals surface area contributed by atoms with Crippen molar-refractivity contribution in [2.45, 2.75) is 13.0 Å². The number of quaternary nitrogens is 1. The Kier molecular flexibility index (Phi) is 4.52. The lowest BCUT2D eigenvalue weighted by atomic mass is 10.1. The molecule has 1 fully saturated rings. The topological polar surface area (TPSA) is 62.6 Å². The quantitative estimate of drug-likeness (QED) is 0.643. The monoisotopic (exact) mass is 262 g/mol. The summed E-state index contributed by atoms with van der Waals surface area (Å²) in [5, 5.41) is 5.73. The van der Waals surface area contributed by atoms with Crippen LogP contribution in [0.2, 0.25) is 0 Å². The molecule has 2 rings (SSSR count). The highest BCUT2D eigenvalue weighted by molar-refractivity contribution is 5.79. The molecule has 0 aliphatic carbocycles. The van der Waals surface area contributed by atoms with Gasteiger partial charge in [-0.2, -0.15) is 0 Å². The molecule has 5 nitrogen and oxygen atoms in total. The van der Waals surface area contributed by atoms with Gasteiger partial charge in [0.25, 0.3) is 11.8 Å². The Bertz CT molecular complexity index is 447. The van der Waals surface area contributed by atoms with E-state index in [4.69, 9.17) is 0 Å². The van der Waals surface area contributed by atoms with Gasteiger partial charge in [-0.15, -0.1) is 0 Å². The van der Waals surface area contributed by atoms with E-state index in [1.165, 1.54) is 0 Å². The highest BCUT2D eigenvalue weighted by Gasteiger charge is 2.22. The van der Waals surface area contributed by atoms with Crippen LogP contribution in [0.1, 0.15) is 18.5 Å². The van der Waals surface area contributed by atoms with Gasteiger partial charge in [0.15, 0.2) is 13.1 Å². The predicted octanol–water partition coefficient (Wildman–Crippen LogP) is -1.12. The second-order valence-corrected chi connectivity index (χ2v) is 4.90. The van der Waals surface area contributed by atoms with Crippen molar-refractivity contribution in [1.82, 2.24) is 10.6 Å². The first-order valence-electron chi connectivity index (χ1n) is 6.59. The summed E-state index contributed by atoms with van der Waals surface area (Å²) in [4.78, 5) is 24.2. The van der Waals surface area contributed by atoms with Crippen molar-refractivity contribution in [3.05, 3.63) is 35.9 Å². The average Bonchev–Trinajstić information content (AvgIpc) is 2.39. The fraction of sp³-hybridized carbons (Fsp3) is 0.429. The Balaban J connectivity index is 1.82. The van der Waals surface area contributed by atoms with Gasteiger partial charge in [-0.05, 0) is 12.5 Å². The zero-order valence-corrected chi connectivity index (χ0v) is 11.1. The number of benzene rings is 1. The van der Waals surface area contributed by atoms with Crippen LogP contribution in [0, 0.1) is 0 Å². The summed E-state index contributed by atoms with van der Waals surface area (Å²) in [7, 11) is 0. The zero-order chi connectivity index (χ0) is 13.7. The second kappa shape index (κ2) is 6.33. The largest absolute Gasteiger partial charge is 0.346 e. The van der Waals surface area contributed by atoms with E-state index in [1.807, 2.05) is 37.3 Å². The van der Waals surface area contributed by atoms with Crippen LogP contribution < -0.4 is 15.5 Å². The van der Waals surface area contributed by atoms with Crippen molar-refractivity contribution in [3.63, 3.8) is 0 Å². The lowest BCUT2D eigenvalue weighted by molar-refractivity contribution is -0.885. The first-order chi connectivity index (χ1) is 9.15. The molecule has 3 N–H and O–H groups in total. The SMILES string of the molecule is C[C@H](NC(=O)C[NH+]1CCNC(=O)C1)c1ccccc1. The van der Waals surface area contributed by atoms with Crippen molar-refractivity contribution in [1.29, 1.82) is 0 Å². The molecule has 0 spiro atoms. The molecule has 102 valence electrons. The Morgan fingerprint density at radius 2 is 2.16 bits per heavy atom. The number of carbonyl (C=O) groups is 2. The highest BCUT2D eigenvalue weighted by atomic mass is 16.2. The van der Waals surface area contributed by atoms with Gasteiger partial charge in [0.05, 0.1) is 19.1 Å². The molecule has 1 aromatic rings. The van der Waals surface area contributed by atoms with Crippen molar-refractivity contribution < 1.29 is 14.5 Å². The van der Waals surface area contributed by atoms with E-state index >= 15 is 0 Å². The first-order valence-corrected chi connectivity index (χ1v) is 6.59. The van der Waals surface area contributed by atoms with Crippen molar-refractivity contribution in [2.75, 3.05) is 26.2 Å². The molecule has 5 heteroatoms. The van der Waals surface area contributed by atoms with Crippen LogP contribution in [-0.2, 0) is 9.59 Å². The minimum Gasteiger partial charge on any atom is -0.346 e. The molecule has 1 heterocycles. The summed E-state index contributed by atoms with van der Waals surface area (Å²) in [5.41, 5.74) is 1.09. The Hall–Kier alpha value is -1.88. The molecule has 1 aromatic carbocycles. The number of carbonyl (C=O) groups excluding carboxylic acids is 2. The molecule has 1 saturated heterocycles. The molecular weight excluding hydrogens is 242 g/mol. The number of hydrogen-bond donors (Lipinski definition) is 3. The van der Waals surface area contributed by atoms with Gasteiger partial charge in [0.1, 0.15) is 0 Å². The third-order valence-electron chi connectivity index (χ3n) is 3.30. The number of amides is 2. The number of rotatable bonds is 4. The first kappa shape index (κ1) is 13.5. The molecule has 19 heavy (non-hydrogen) atoms. The van der Waals surface area contributed by atoms with Crippen LogP contribution in [-0.4, -0.2) is 38.0 Å². The highest BCUT2D eigenvalue weighted by Crippen LogP contribution is 2.10. The Morgan fingerprint density at radius 1 is 1.42 bits per heavy atom. The van der Waals surface area contributed by atoms with E-state index in [2.05, 4.69) is 10.6 Å². The van der Waals surface area contributed by atoms with Gasteiger partial charge >= 0.3 is 0 Å². The minimum atomic E-state index is -0.0129. The van der Waals surface area contributed by atoms with Gasteiger partial charge in [0.2, 0.25) is 0 Å². The van der Waals surface area contributed by atoms with Crippen molar-refractivity contribution >= 4 is 11.8 Å². The minimum absolute atomic E-state index is 0.00767. The Morgan fingerprint density at radius 3 is 2.84 bits per heavy atom. The lowest BCUT2D eigenvalue weighted by Crippen LogP contribution is -3.16.